The van der Waals surface area contributed by atoms with Crippen molar-refractivity contribution >= 4 is 21.6 Å². The fraction of sp³-hybridized carbons (Fsp3) is 0.381. The van der Waals surface area contributed by atoms with E-state index in [2.05, 4.69) is 10.0 Å². The molecule has 0 atom stereocenters. The number of carbonyl (C=O) groups excluding carboxylic acids is 1. The summed E-state index contributed by atoms with van der Waals surface area (Å²) in [5, 5.41) is 2.97. The molecule has 1 aliphatic carbocycles. The molecule has 2 aromatic carbocycles. The van der Waals surface area contributed by atoms with Crippen LogP contribution in [0, 0.1) is 12.8 Å². The quantitative estimate of drug-likeness (QED) is 0.785. The summed E-state index contributed by atoms with van der Waals surface area (Å²) in [6, 6.07) is 13.3. The molecular weight excluding hydrogens is 360 g/mol. The second-order valence-electron chi connectivity index (χ2n) is 7.18. The van der Waals surface area contributed by atoms with Crippen molar-refractivity contribution in [2.45, 2.75) is 43.9 Å². The molecule has 2 aromatic rings. The van der Waals surface area contributed by atoms with Crippen molar-refractivity contribution < 1.29 is 13.2 Å². The van der Waals surface area contributed by atoms with Crippen LogP contribution in [0.15, 0.2) is 53.4 Å². The first kappa shape index (κ1) is 19.4. The number of sulfonamides is 1. The molecule has 0 aromatic heterocycles. The number of rotatable bonds is 6. The summed E-state index contributed by atoms with van der Waals surface area (Å²) < 4.78 is 27.9. The first-order valence-corrected chi connectivity index (χ1v) is 10.9. The molecule has 0 spiro atoms. The van der Waals surface area contributed by atoms with E-state index in [-0.39, 0.29) is 10.8 Å². The standard InChI is InChI=1S/C21H26N2O3S/c1-16-11-13-18(14-12-16)27(25,26)23-20-10-6-5-9-19(20)21(24)22-15-17-7-3-2-4-8-17/h5-6,9-14,17,23H,2-4,7-8,15H2,1H3,(H,22,24). The summed E-state index contributed by atoms with van der Waals surface area (Å²) in [5.74, 6) is 0.266. The van der Waals surface area contributed by atoms with Crippen LogP contribution in [-0.2, 0) is 10.0 Å². The lowest BCUT2D eigenvalue weighted by atomic mass is 9.89. The number of anilines is 1. The predicted octanol–water partition coefficient (Wildman–Crippen LogP) is 4.11. The van der Waals surface area contributed by atoms with E-state index in [9.17, 15) is 13.2 Å². The molecule has 27 heavy (non-hydrogen) atoms. The molecule has 6 heteroatoms. The van der Waals surface area contributed by atoms with E-state index in [0.29, 0.717) is 23.7 Å². The van der Waals surface area contributed by atoms with E-state index in [1.165, 1.54) is 19.3 Å². The lowest BCUT2D eigenvalue weighted by molar-refractivity contribution is 0.0944. The SMILES string of the molecule is Cc1ccc(S(=O)(=O)Nc2ccccc2C(=O)NCC2CCCCC2)cc1. The first-order valence-electron chi connectivity index (χ1n) is 9.42. The maximum atomic E-state index is 12.7. The second-order valence-corrected chi connectivity index (χ2v) is 8.86. The second kappa shape index (κ2) is 8.57. The largest absolute Gasteiger partial charge is 0.352 e. The van der Waals surface area contributed by atoms with E-state index in [4.69, 9.17) is 0 Å². The van der Waals surface area contributed by atoms with Gasteiger partial charge in [-0.3, -0.25) is 9.52 Å². The number of amides is 1. The molecule has 1 saturated carbocycles. The van der Waals surface area contributed by atoms with Gasteiger partial charge in [-0.15, -0.1) is 0 Å². The number of hydrogen-bond acceptors (Lipinski definition) is 3. The summed E-state index contributed by atoms with van der Waals surface area (Å²) in [7, 11) is -3.75. The van der Waals surface area contributed by atoms with Crippen LogP contribution < -0.4 is 10.0 Å². The minimum Gasteiger partial charge on any atom is -0.352 e. The molecule has 144 valence electrons. The highest BCUT2D eigenvalue weighted by molar-refractivity contribution is 7.92. The third-order valence-corrected chi connectivity index (χ3v) is 6.40. The van der Waals surface area contributed by atoms with Crippen LogP contribution in [0.2, 0.25) is 0 Å². The summed E-state index contributed by atoms with van der Waals surface area (Å²) >= 11 is 0. The summed E-state index contributed by atoms with van der Waals surface area (Å²) in [5.41, 5.74) is 1.61. The van der Waals surface area contributed by atoms with Crippen molar-refractivity contribution in [3.8, 4) is 0 Å². The van der Waals surface area contributed by atoms with E-state index >= 15 is 0 Å². The van der Waals surface area contributed by atoms with Gasteiger partial charge in [-0.2, -0.15) is 0 Å². The molecule has 1 aliphatic rings. The Bertz CT molecular complexity index is 886. The Balaban J connectivity index is 1.73. The van der Waals surface area contributed by atoms with Crippen LogP contribution >= 0.6 is 0 Å². The number of aryl methyl sites for hydroxylation is 1. The van der Waals surface area contributed by atoms with Crippen LogP contribution in [0.25, 0.3) is 0 Å². The molecule has 1 amide bonds. The Morgan fingerprint density at radius 2 is 1.67 bits per heavy atom. The van der Waals surface area contributed by atoms with Crippen LogP contribution in [0.3, 0.4) is 0 Å². The van der Waals surface area contributed by atoms with Gasteiger partial charge in [-0.1, -0.05) is 49.1 Å². The lowest BCUT2D eigenvalue weighted by Crippen LogP contribution is -2.31. The molecule has 2 N–H and O–H groups in total. The average Bonchev–Trinajstić information content (AvgIpc) is 2.67. The van der Waals surface area contributed by atoms with Gasteiger partial charge in [0.15, 0.2) is 0 Å². The molecule has 3 rings (SSSR count). The Morgan fingerprint density at radius 1 is 1.00 bits per heavy atom. The van der Waals surface area contributed by atoms with Gasteiger partial charge >= 0.3 is 0 Å². The molecule has 0 radical (unpaired) electrons. The lowest BCUT2D eigenvalue weighted by Gasteiger charge is -2.22. The van der Waals surface area contributed by atoms with Crippen molar-refractivity contribution in [1.29, 1.82) is 0 Å². The van der Waals surface area contributed by atoms with Gasteiger partial charge in [-0.05, 0) is 49.9 Å². The Morgan fingerprint density at radius 3 is 2.37 bits per heavy atom. The highest BCUT2D eigenvalue weighted by Crippen LogP contribution is 2.24. The number of benzene rings is 2. The fourth-order valence-corrected chi connectivity index (χ4v) is 4.49. The van der Waals surface area contributed by atoms with Gasteiger partial charge in [0.2, 0.25) is 0 Å². The number of carbonyl (C=O) groups is 1. The van der Waals surface area contributed by atoms with E-state index < -0.39 is 10.0 Å². The Kier molecular flexibility index (Phi) is 6.16. The minimum atomic E-state index is -3.75. The maximum Gasteiger partial charge on any atom is 0.261 e. The van der Waals surface area contributed by atoms with Crippen molar-refractivity contribution in [2.24, 2.45) is 5.92 Å². The number of hydrogen-bond donors (Lipinski definition) is 2. The molecule has 0 aliphatic heterocycles. The smallest absolute Gasteiger partial charge is 0.261 e. The van der Waals surface area contributed by atoms with Gasteiger partial charge in [0.1, 0.15) is 0 Å². The molecular formula is C21H26N2O3S. The molecule has 5 nitrogen and oxygen atoms in total. The zero-order valence-corrected chi connectivity index (χ0v) is 16.4. The Labute approximate surface area is 161 Å². The average molecular weight is 387 g/mol. The molecule has 0 unspecified atom stereocenters. The Hall–Kier alpha value is -2.34. The first-order chi connectivity index (χ1) is 13.0. The van der Waals surface area contributed by atoms with Gasteiger partial charge < -0.3 is 5.32 Å². The topological polar surface area (TPSA) is 75.3 Å². The van der Waals surface area contributed by atoms with Crippen molar-refractivity contribution in [1.82, 2.24) is 5.32 Å². The van der Waals surface area contributed by atoms with E-state index in [1.54, 1.807) is 48.5 Å². The van der Waals surface area contributed by atoms with Crippen molar-refractivity contribution in [3.05, 3.63) is 59.7 Å². The van der Waals surface area contributed by atoms with Crippen LogP contribution in [-0.4, -0.2) is 20.9 Å². The maximum absolute atomic E-state index is 12.7. The highest BCUT2D eigenvalue weighted by Gasteiger charge is 2.20. The van der Waals surface area contributed by atoms with Crippen LogP contribution in [0.5, 0.6) is 0 Å². The minimum absolute atomic E-state index is 0.172. The summed E-state index contributed by atoms with van der Waals surface area (Å²) in [6.45, 7) is 2.54. The zero-order chi connectivity index (χ0) is 19.3. The summed E-state index contributed by atoms with van der Waals surface area (Å²) in [6.07, 6.45) is 5.99. The molecule has 0 heterocycles. The molecule has 1 fully saturated rings. The zero-order valence-electron chi connectivity index (χ0n) is 15.6. The van der Waals surface area contributed by atoms with E-state index in [0.717, 1.165) is 18.4 Å². The highest BCUT2D eigenvalue weighted by atomic mass is 32.2. The van der Waals surface area contributed by atoms with Gasteiger partial charge in [0.25, 0.3) is 15.9 Å². The molecule has 0 bridgehead atoms. The van der Waals surface area contributed by atoms with E-state index in [1.807, 2.05) is 6.92 Å². The monoisotopic (exact) mass is 386 g/mol. The van der Waals surface area contributed by atoms with Gasteiger partial charge in [0, 0.05) is 6.54 Å². The van der Waals surface area contributed by atoms with Crippen molar-refractivity contribution in [3.63, 3.8) is 0 Å². The third-order valence-electron chi connectivity index (χ3n) is 5.02. The third kappa shape index (κ3) is 5.10. The summed E-state index contributed by atoms with van der Waals surface area (Å²) in [4.78, 5) is 12.8. The van der Waals surface area contributed by atoms with Crippen LogP contribution in [0.4, 0.5) is 5.69 Å². The van der Waals surface area contributed by atoms with Gasteiger partial charge in [0.05, 0.1) is 16.1 Å². The number of nitrogens with one attached hydrogen (secondary N) is 2. The van der Waals surface area contributed by atoms with Crippen LogP contribution in [0.1, 0.15) is 48.0 Å². The molecule has 0 saturated heterocycles. The van der Waals surface area contributed by atoms with Gasteiger partial charge in [-0.25, -0.2) is 8.42 Å². The predicted molar refractivity (Wildman–Crippen MR) is 107 cm³/mol. The fourth-order valence-electron chi connectivity index (χ4n) is 3.41. The number of para-hydroxylation sites is 1. The normalized spacial score (nSPS) is 15.3. The van der Waals surface area contributed by atoms with Crippen molar-refractivity contribution in [2.75, 3.05) is 11.3 Å².